The second-order valence-electron chi connectivity index (χ2n) is 4.44. The van der Waals surface area contributed by atoms with Gasteiger partial charge in [0.1, 0.15) is 0 Å². The second kappa shape index (κ2) is 7.40. The molecule has 0 radical (unpaired) electrons. The van der Waals surface area contributed by atoms with Crippen LogP contribution in [0.4, 0.5) is 0 Å². The molecule has 106 valence electrons. The summed E-state index contributed by atoms with van der Waals surface area (Å²) < 4.78 is 1.66. The third-order valence-corrected chi connectivity index (χ3v) is 2.86. The SMILES string of the molecule is O=C(NCCO)c1cn(CCCc2ccccc2)nn1. The molecule has 2 aromatic rings. The van der Waals surface area contributed by atoms with E-state index in [9.17, 15) is 4.79 Å². The van der Waals surface area contributed by atoms with Gasteiger partial charge in [-0.05, 0) is 18.4 Å². The fourth-order valence-corrected chi connectivity index (χ4v) is 1.86. The van der Waals surface area contributed by atoms with Crippen LogP contribution in [-0.2, 0) is 13.0 Å². The molecular formula is C14H18N4O2. The van der Waals surface area contributed by atoms with Crippen LogP contribution in [0.15, 0.2) is 36.5 Å². The fraction of sp³-hybridized carbons (Fsp3) is 0.357. The minimum absolute atomic E-state index is 0.0864. The van der Waals surface area contributed by atoms with Gasteiger partial charge in [0.05, 0.1) is 12.8 Å². The Morgan fingerprint density at radius 2 is 2.10 bits per heavy atom. The van der Waals surface area contributed by atoms with Crippen LogP contribution in [0.25, 0.3) is 0 Å². The van der Waals surface area contributed by atoms with Gasteiger partial charge in [-0.15, -0.1) is 5.10 Å². The van der Waals surface area contributed by atoms with Gasteiger partial charge in [-0.2, -0.15) is 0 Å². The maximum Gasteiger partial charge on any atom is 0.273 e. The average Bonchev–Trinajstić information content (AvgIpc) is 2.95. The Balaban J connectivity index is 1.79. The molecule has 1 amide bonds. The normalized spacial score (nSPS) is 10.4. The quantitative estimate of drug-likeness (QED) is 0.776. The van der Waals surface area contributed by atoms with Gasteiger partial charge in [0.2, 0.25) is 0 Å². The molecule has 0 aliphatic heterocycles. The Bertz CT molecular complexity index is 539. The zero-order valence-corrected chi connectivity index (χ0v) is 11.2. The highest BCUT2D eigenvalue weighted by atomic mass is 16.3. The minimum atomic E-state index is -0.312. The molecule has 20 heavy (non-hydrogen) atoms. The van der Waals surface area contributed by atoms with E-state index in [1.54, 1.807) is 10.9 Å². The zero-order chi connectivity index (χ0) is 14.2. The van der Waals surface area contributed by atoms with Gasteiger partial charge < -0.3 is 10.4 Å². The number of aliphatic hydroxyl groups is 1. The van der Waals surface area contributed by atoms with Gasteiger partial charge in [0.25, 0.3) is 5.91 Å². The Labute approximate surface area is 117 Å². The van der Waals surface area contributed by atoms with Crippen molar-refractivity contribution < 1.29 is 9.90 Å². The molecule has 2 N–H and O–H groups in total. The lowest BCUT2D eigenvalue weighted by atomic mass is 10.1. The van der Waals surface area contributed by atoms with E-state index in [1.807, 2.05) is 18.2 Å². The Kier molecular flexibility index (Phi) is 5.25. The lowest BCUT2D eigenvalue weighted by Crippen LogP contribution is -2.26. The number of aryl methyl sites for hydroxylation is 2. The highest BCUT2D eigenvalue weighted by molar-refractivity contribution is 5.91. The van der Waals surface area contributed by atoms with Crippen molar-refractivity contribution in [2.75, 3.05) is 13.2 Å². The monoisotopic (exact) mass is 274 g/mol. The van der Waals surface area contributed by atoms with Crippen LogP contribution >= 0.6 is 0 Å². The minimum Gasteiger partial charge on any atom is -0.395 e. The standard InChI is InChI=1S/C14H18N4O2/c19-10-8-15-14(20)13-11-18(17-16-13)9-4-7-12-5-2-1-3-6-12/h1-3,5-6,11,19H,4,7-10H2,(H,15,20). The van der Waals surface area contributed by atoms with Gasteiger partial charge >= 0.3 is 0 Å². The van der Waals surface area contributed by atoms with Gasteiger partial charge in [-0.25, -0.2) is 0 Å². The topological polar surface area (TPSA) is 80.0 Å². The van der Waals surface area contributed by atoms with E-state index in [0.29, 0.717) is 0 Å². The van der Waals surface area contributed by atoms with Crippen molar-refractivity contribution >= 4 is 5.91 Å². The molecule has 0 unspecified atom stereocenters. The van der Waals surface area contributed by atoms with Crippen LogP contribution in [0, 0.1) is 0 Å². The maximum atomic E-state index is 11.6. The third-order valence-electron chi connectivity index (χ3n) is 2.86. The predicted molar refractivity (Wildman–Crippen MR) is 74.2 cm³/mol. The fourth-order valence-electron chi connectivity index (χ4n) is 1.86. The Morgan fingerprint density at radius 1 is 1.30 bits per heavy atom. The van der Waals surface area contributed by atoms with E-state index in [2.05, 4.69) is 27.8 Å². The van der Waals surface area contributed by atoms with Crippen LogP contribution in [0.2, 0.25) is 0 Å². The number of nitrogens with zero attached hydrogens (tertiary/aromatic N) is 3. The average molecular weight is 274 g/mol. The van der Waals surface area contributed by atoms with Crippen LogP contribution in [-0.4, -0.2) is 39.2 Å². The lowest BCUT2D eigenvalue weighted by Gasteiger charge is -2.01. The lowest BCUT2D eigenvalue weighted by molar-refractivity contribution is 0.0939. The van der Waals surface area contributed by atoms with Crippen LogP contribution in [0.3, 0.4) is 0 Å². The van der Waals surface area contributed by atoms with E-state index in [0.717, 1.165) is 19.4 Å². The number of benzene rings is 1. The highest BCUT2D eigenvalue weighted by Crippen LogP contribution is 2.03. The summed E-state index contributed by atoms with van der Waals surface area (Å²) >= 11 is 0. The van der Waals surface area contributed by atoms with Crippen molar-refractivity contribution in [3.8, 4) is 0 Å². The molecule has 1 aromatic carbocycles. The van der Waals surface area contributed by atoms with Gasteiger partial charge in [0.15, 0.2) is 5.69 Å². The van der Waals surface area contributed by atoms with Crippen molar-refractivity contribution in [1.82, 2.24) is 20.3 Å². The molecule has 0 saturated heterocycles. The van der Waals surface area contributed by atoms with E-state index in [1.165, 1.54) is 5.56 Å². The molecule has 0 aliphatic rings. The van der Waals surface area contributed by atoms with Gasteiger partial charge in [-0.3, -0.25) is 9.48 Å². The van der Waals surface area contributed by atoms with Gasteiger partial charge in [-0.1, -0.05) is 35.5 Å². The summed E-state index contributed by atoms with van der Waals surface area (Å²) in [7, 11) is 0. The summed E-state index contributed by atoms with van der Waals surface area (Å²) in [6.07, 6.45) is 3.52. The van der Waals surface area contributed by atoms with E-state index in [-0.39, 0.29) is 24.8 Å². The molecule has 0 aliphatic carbocycles. The van der Waals surface area contributed by atoms with E-state index >= 15 is 0 Å². The van der Waals surface area contributed by atoms with Crippen molar-refractivity contribution in [3.05, 3.63) is 47.8 Å². The highest BCUT2D eigenvalue weighted by Gasteiger charge is 2.09. The largest absolute Gasteiger partial charge is 0.395 e. The number of hydrogen-bond acceptors (Lipinski definition) is 4. The number of aromatic nitrogens is 3. The molecule has 0 saturated carbocycles. The summed E-state index contributed by atoms with van der Waals surface area (Å²) in [5, 5.41) is 18.9. The second-order valence-corrected chi connectivity index (χ2v) is 4.44. The summed E-state index contributed by atoms with van der Waals surface area (Å²) in [6, 6.07) is 10.2. The number of carbonyl (C=O) groups is 1. The number of amides is 1. The molecule has 6 heteroatoms. The van der Waals surface area contributed by atoms with Crippen molar-refractivity contribution in [3.63, 3.8) is 0 Å². The third kappa shape index (κ3) is 4.17. The first-order valence-corrected chi connectivity index (χ1v) is 6.62. The van der Waals surface area contributed by atoms with Crippen LogP contribution in [0.1, 0.15) is 22.5 Å². The molecule has 2 rings (SSSR count). The molecule has 1 heterocycles. The molecule has 0 spiro atoms. The molecule has 0 bridgehead atoms. The summed E-state index contributed by atoms with van der Waals surface area (Å²) in [5.41, 5.74) is 1.56. The smallest absolute Gasteiger partial charge is 0.273 e. The number of aliphatic hydroxyl groups excluding tert-OH is 1. The van der Waals surface area contributed by atoms with Gasteiger partial charge in [0, 0.05) is 13.1 Å². The molecule has 6 nitrogen and oxygen atoms in total. The Morgan fingerprint density at radius 3 is 2.85 bits per heavy atom. The maximum absolute atomic E-state index is 11.6. The zero-order valence-electron chi connectivity index (χ0n) is 11.2. The van der Waals surface area contributed by atoms with E-state index in [4.69, 9.17) is 5.11 Å². The molecule has 0 atom stereocenters. The van der Waals surface area contributed by atoms with Crippen molar-refractivity contribution in [2.24, 2.45) is 0 Å². The first kappa shape index (κ1) is 14.2. The molecule has 0 fully saturated rings. The van der Waals surface area contributed by atoms with Crippen molar-refractivity contribution in [1.29, 1.82) is 0 Å². The molecular weight excluding hydrogens is 256 g/mol. The van der Waals surface area contributed by atoms with Crippen LogP contribution in [0.5, 0.6) is 0 Å². The van der Waals surface area contributed by atoms with E-state index < -0.39 is 0 Å². The summed E-state index contributed by atoms with van der Waals surface area (Å²) in [4.78, 5) is 11.6. The van der Waals surface area contributed by atoms with Crippen LogP contribution < -0.4 is 5.32 Å². The molecule has 1 aromatic heterocycles. The number of hydrogen-bond donors (Lipinski definition) is 2. The number of carbonyl (C=O) groups excluding carboxylic acids is 1. The first-order valence-electron chi connectivity index (χ1n) is 6.62. The predicted octanol–water partition coefficient (Wildman–Crippen LogP) is 0.633. The number of rotatable bonds is 7. The number of nitrogens with one attached hydrogen (secondary N) is 1. The Hall–Kier alpha value is -2.21. The van der Waals surface area contributed by atoms with Crippen molar-refractivity contribution in [2.45, 2.75) is 19.4 Å². The summed E-state index contributed by atoms with van der Waals surface area (Å²) in [5.74, 6) is -0.312. The summed E-state index contributed by atoms with van der Waals surface area (Å²) in [6.45, 7) is 0.853. The first-order chi connectivity index (χ1) is 9.79.